The van der Waals surface area contributed by atoms with Crippen LogP contribution in [0.4, 0.5) is 14.5 Å². The lowest BCUT2D eigenvalue weighted by Gasteiger charge is -2.12. The first-order valence-electron chi connectivity index (χ1n) is 6.10. The number of halogens is 2. The molecule has 0 unspecified atom stereocenters. The van der Waals surface area contributed by atoms with Crippen molar-refractivity contribution < 1.29 is 17.2 Å². The van der Waals surface area contributed by atoms with Crippen LogP contribution >= 0.6 is 0 Å². The highest BCUT2D eigenvalue weighted by atomic mass is 32.2. The molecule has 7 heteroatoms. The summed E-state index contributed by atoms with van der Waals surface area (Å²) in [4.78, 5) is -0.0347. The van der Waals surface area contributed by atoms with Gasteiger partial charge in [0.2, 0.25) is 10.0 Å². The zero-order valence-corrected chi connectivity index (χ0v) is 12.0. The molecule has 0 radical (unpaired) electrons. The molecule has 0 saturated heterocycles. The lowest BCUT2D eigenvalue weighted by molar-refractivity contribution is 0.562. The van der Waals surface area contributed by atoms with E-state index in [9.17, 15) is 17.2 Å². The van der Waals surface area contributed by atoms with Crippen molar-refractivity contribution in [3.63, 3.8) is 0 Å². The summed E-state index contributed by atoms with van der Waals surface area (Å²) in [5.74, 6) is -1.53. The van der Waals surface area contributed by atoms with Crippen LogP contribution < -0.4 is 10.5 Å². The summed E-state index contributed by atoms with van der Waals surface area (Å²) in [6.45, 7) is 1.33. The van der Waals surface area contributed by atoms with Crippen LogP contribution in [0.3, 0.4) is 0 Å². The van der Waals surface area contributed by atoms with Crippen molar-refractivity contribution in [3.8, 4) is 0 Å². The van der Waals surface area contributed by atoms with E-state index in [0.717, 1.165) is 6.07 Å². The summed E-state index contributed by atoms with van der Waals surface area (Å²) < 4.78 is 53.0. The van der Waals surface area contributed by atoms with Gasteiger partial charge in [-0.25, -0.2) is 21.9 Å². The molecule has 2 aromatic rings. The second-order valence-corrected chi connectivity index (χ2v) is 6.26. The molecule has 21 heavy (non-hydrogen) atoms. The second-order valence-electron chi connectivity index (χ2n) is 4.55. The van der Waals surface area contributed by atoms with Crippen molar-refractivity contribution in [2.45, 2.75) is 18.4 Å². The van der Waals surface area contributed by atoms with Crippen LogP contribution in [0.15, 0.2) is 41.3 Å². The lowest BCUT2D eigenvalue weighted by Crippen LogP contribution is -2.25. The molecule has 0 aliphatic carbocycles. The number of hydrogen-bond acceptors (Lipinski definition) is 3. The minimum Gasteiger partial charge on any atom is -0.398 e. The molecule has 0 aromatic heterocycles. The van der Waals surface area contributed by atoms with Gasteiger partial charge in [-0.15, -0.1) is 0 Å². The average Bonchev–Trinajstić information content (AvgIpc) is 2.37. The number of aryl methyl sites for hydroxylation is 1. The number of rotatable bonds is 4. The Morgan fingerprint density at radius 1 is 1.19 bits per heavy atom. The fourth-order valence-corrected chi connectivity index (χ4v) is 3.31. The van der Waals surface area contributed by atoms with Crippen LogP contribution in [0.5, 0.6) is 0 Å². The Bertz CT molecular complexity index is 756. The summed E-state index contributed by atoms with van der Waals surface area (Å²) in [5.41, 5.74) is 6.33. The first kappa shape index (κ1) is 15.4. The average molecular weight is 312 g/mol. The van der Waals surface area contributed by atoms with Crippen LogP contribution in [0.25, 0.3) is 0 Å². The zero-order valence-electron chi connectivity index (χ0n) is 11.2. The number of sulfonamides is 1. The smallest absolute Gasteiger partial charge is 0.243 e. The highest BCUT2D eigenvalue weighted by Crippen LogP contribution is 2.22. The predicted molar refractivity (Wildman–Crippen MR) is 76.0 cm³/mol. The van der Waals surface area contributed by atoms with Crippen molar-refractivity contribution in [1.82, 2.24) is 4.72 Å². The van der Waals surface area contributed by atoms with Crippen LogP contribution in [0.1, 0.15) is 11.1 Å². The Hall–Kier alpha value is -1.99. The molecule has 2 rings (SSSR count). The molecular formula is C14H14F2N2O2S. The molecule has 112 valence electrons. The van der Waals surface area contributed by atoms with Gasteiger partial charge in [-0.3, -0.25) is 0 Å². The van der Waals surface area contributed by atoms with E-state index in [-0.39, 0.29) is 22.7 Å². The first-order chi connectivity index (χ1) is 9.81. The van der Waals surface area contributed by atoms with Crippen LogP contribution in [0.2, 0.25) is 0 Å². The molecule has 0 bridgehead atoms. The number of nitrogens with two attached hydrogens (primary N) is 1. The van der Waals surface area contributed by atoms with Gasteiger partial charge < -0.3 is 5.73 Å². The van der Waals surface area contributed by atoms with Crippen molar-refractivity contribution in [3.05, 3.63) is 59.2 Å². The molecule has 0 atom stereocenters. The molecule has 2 aromatic carbocycles. The van der Waals surface area contributed by atoms with Gasteiger partial charge in [0.15, 0.2) is 0 Å². The second kappa shape index (κ2) is 5.79. The topological polar surface area (TPSA) is 72.2 Å². The molecule has 0 fully saturated rings. The first-order valence-corrected chi connectivity index (χ1v) is 7.58. The third-order valence-corrected chi connectivity index (χ3v) is 4.60. The summed E-state index contributed by atoms with van der Waals surface area (Å²) in [6, 6.07) is 7.68. The van der Waals surface area contributed by atoms with E-state index >= 15 is 0 Å². The number of anilines is 1. The van der Waals surface area contributed by atoms with Gasteiger partial charge in [-0.05, 0) is 24.6 Å². The van der Waals surface area contributed by atoms with Gasteiger partial charge in [0.05, 0.1) is 5.69 Å². The Labute approximate surface area is 121 Å². The minimum absolute atomic E-state index is 0.0347. The maximum atomic E-state index is 13.5. The van der Waals surface area contributed by atoms with E-state index in [2.05, 4.69) is 4.72 Å². The van der Waals surface area contributed by atoms with Crippen molar-refractivity contribution in [1.29, 1.82) is 0 Å². The molecular weight excluding hydrogens is 298 g/mol. The van der Waals surface area contributed by atoms with Crippen LogP contribution in [0, 0.1) is 18.6 Å². The molecule has 0 aliphatic rings. The third-order valence-electron chi connectivity index (χ3n) is 2.98. The van der Waals surface area contributed by atoms with Gasteiger partial charge in [-0.2, -0.15) is 0 Å². The van der Waals surface area contributed by atoms with E-state index in [1.54, 1.807) is 19.1 Å². The number of benzene rings is 2. The van der Waals surface area contributed by atoms with E-state index in [4.69, 9.17) is 5.73 Å². The molecule has 0 heterocycles. The quantitative estimate of drug-likeness (QED) is 0.851. The third kappa shape index (κ3) is 3.37. The standard InChI is InChI=1S/C14H14F2N2O2S/c1-9-3-2-4-13(17)14(9)21(19,20)18-8-10-5-6-11(15)7-12(10)16/h2-7,18H,8,17H2,1H3. The van der Waals surface area contributed by atoms with Gasteiger partial charge in [0, 0.05) is 18.2 Å². The van der Waals surface area contributed by atoms with Gasteiger partial charge in [0.25, 0.3) is 0 Å². The molecule has 4 nitrogen and oxygen atoms in total. The van der Waals surface area contributed by atoms with Gasteiger partial charge in [0.1, 0.15) is 16.5 Å². The molecule has 3 N–H and O–H groups in total. The van der Waals surface area contributed by atoms with E-state index in [1.807, 2.05) is 0 Å². The summed E-state index contributed by atoms with van der Waals surface area (Å²) in [5, 5.41) is 0. The molecule has 0 spiro atoms. The Morgan fingerprint density at radius 3 is 2.52 bits per heavy atom. The monoisotopic (exact) mass is 312 g/mol. The van der Waals surface area contributed by atoms with Crippen LogP contribution in [-0.4, -0.2) is 8.42 Å². The normalized spacial score (nSPS) is 11.6. The highest BCUT2D eigenvalue weighted by molar-refractivity contribution is 7.89. The minimum atomic E-state index is -3.88. The maximum absolute atomic E-state index is 13.5. The van der Waals surface area contributed by atoms with Gasteiger partial charge in [-0.1, -0.05) is 18.2 Å². The van der Waals surface area contributed by atoms with E-state index in [0.29, 0.717) is 11.6 Å². The largest absolute Gasteiger partial charge is 0.398 e. The molecule has 0 aliphatic heterocycles. The fourth-order valence-electron chi connectivity index (χ4n) is 1.95. The molecule has 0 amide bonds. The fraction of sp³-hybridized carbons (Fsp3) is 0.143. The summed E-state index contributed by atoms with van der Waals surface area (Å²) in [7, 11) is -3.88. The Morgan fingerprint density at radius 2 is 1.90 bits per heavy atom. The summed E-state index contributed by atoms with van der Waals surface area (Å²) >= 11 is 0. The Balaban J connectivity index is 2.26. The predicted octanol–water partition coefficient (Wildman–Crippen LogP) is 2.33. The van der Waals surface area contributed by atoms with Crippen LogP contribution in [-0.2, 0) is 16.6 Å². The number of hydrogen-bond donors (Lipinski definition) is 2. The highest BCUT2D eigenvalue weighted by Gasteiger charge is 2.20. The van der Waals surface area contributed by atoms with Crippen molar-refractivity contribution in [2.75, 3.05) is 5.73 Å². The molecule has 0 saturated carbocycles. The zero-order chi connectivity index (χ0) is 15.6. The summed E-state index contributed by atoms with van der Waals surface area (Å²) in [6.07, 6.45) is 0. The maximum Gasteiger partial charge on any atom is 0.243 e. The van der Waals surface area contributed by atoms with E-state index < -0.39 is 21.7 Å². The lowest BCUT2D eigenvalue weighted by atomic mass is 10.2. The Kier molecular flexibility index (Phi) is 4.24. The van der Waals surface area contributed by atoms with Gasteiger partial charge >= 0.3 is 0 Å². The van der Waals surface area contributed by atoms with E-state index in [1.165, 1.54) is 12.1 Å². The SMILES string of the molecule is Cc1cccc(N)c1S(=O)(=O)NCc1ccc(F)cc1F. The number of nitrogen functional groups attached to an aromatic ring is 1. The van der Waals surface area contributed by atoms with Crippen molar-refractivity contribution >= 4 is 15.7 Å². The number of nitrogens with one attached hydrogen (secondary N) is 1. The van der Waals surface area contributed by atoms with Crippen molar-refractivity contribution in [2.24, 2.45) is 0 Å².